The van der Waals surface area contributed by atoms with E-state index in [0.717, 1.165) is 35.2 Å². The second-order valence-corrected chi connectivity index (χ2v) is 5.00. The Morgan fingerprint density at radius 3 is 1.81 bits per heavy atom. The molecule has 0 heterocycles. The molecule has 4 heteroatoms. The van der Waals surface area contributed by atoms with Gasteiger partial charge >= 0.3 is 6.18 Å². The van der Waals surface area contributed by atoms with Gasteiger partial charge < -0.3 is 5.11 Å². The summed E-state index contributed by atoms with van der Waals surface area (Å²) in [6, 6.07) is 12.3. The molecule has 0 aliphatic carbocycles. The Kier molecular flexibility index (Phi) is 4.68. The fourth-order valence-corrected chi connectivity index (χ4v) is 2.19. The smallest absolute Gasteiger partial charge is 0.388 e. The van der Waals surface area contributed by atoms with E-state index in [-0.39, 0.29) is 0 Å². The average Bonchev–Trinajstić information content (AvgIpc) is 2.47. The number of halogens is 3. The molecule has 0 amide bonds. The molecule has 2 aromatic carbocycles. The van der Waals surface area contributed by atoms with Crippen LogP contribution >= 0.6 is 0 Å². The van der Waals surface area contributed by atoms with Crippen molar-refractivity contribution in [1.82, 2.24) is 0 Å². The molecule has 2 aromatic rings. The first-order valence-corrected chi connectivity index (χ1v) is 6.87. The molecular formula is C17H17F3O. The van der Waals surface area contributed by atoms with Gasteiger partial charge in [-0.3, -0.25) is 0 Å². The lowest BCUT2D eigenvalue weighted by Crippen LogP contribution is -2.04. The molecule has 112 valence electrons. The van der Waals surface area contributed by atoms with Crippen LogP contribution in [0.4, 0.5) is 13.2 Å². The SMILES string of the molecule is CCCC(O)c1ccc(-c2ccc(C(F)(F)F)cc2)cc1. The van der Waals surface area contributed by atoms with Gasteiger partial charge in [0.2, 0.25) is 0 Å². The average molecular weight is 294 g/mol. The zero-order valence-electron chi connectivity index (χ0n) is 11.7. The van der Waals surface area contributed by atoms with Crippen LogP contribution in [0.25, 0.3) is 11.1 Å². The lowest BCUT2D eigenvalue weighted by Gasteiger charge is -2.11. The van der Waals surface area contributed by atoms with Crippen LogP contribution in [0.2, 0.25) is 0 Å². The van der Waals surface area contributed by atoms with E-state index < -0.39 is 17.8 Å². The number of hydrogen-bond donors (Lipinski definition) is 1. The van der Waals surface area contributed by atoms with Crippen molar-refractivity contribution in [3.05, 3.63) is 59.7 Å². The summed E-state index contributed by atoms with van der Waals surface area (Å²) in [7, 11) is 0. The van der Waals surface area contributed by atoms with Crippen LogP contribution in [-0.2, 0) is 6.18 Å². The number of hydrogen-bond acceptors (Lipinski definition) is 1. The third-order valence-electron chi connectivity index (χ3n) is 3.40. The Morgan fingerprint density at radius 2 is 1.38 bits per heavy atom. The van der Waals surface area contributed by atoms with Crippen LogP contribution in [0.3, 0.4) is 0 Å². The van der Waals surface area contributed by atoms with Gasteiger partial charge in [-0.1, -0.05) is 49.7 Å². The van der Waals surface area contributed by atoms with Crippen LogP contribution in [0.5, 0.6) is 0 Å². The number of alkyl halides is 3. The van der Waals surface area contributed by atoms with Gasteiger partial charge in [-0.25, -0.2) is 0 Å². The highest BCUT2D eigenvalue weighted by Crippen LogP contribution is 2.31. The zero-order valence-corrected chi connectivity index (χ0v) is 11.7. The molecule has 1 N–H and O–H groups in total. The molecule has 0 aromatic heterocycles. The molecule has 0 bridgehead atoms. The fourth-order valence-electron chi connectivity index (χ4n) is 2.19. The van der Waals surface area contributed by atoms with Crippen LogP contribution in [-0.4, -0.2) is 5.11 Å². The van der Waals surface area contributed by atoms with Gasteiger partial charge in [0.05, 0.1) is 11.7 Å². The first-order valence-electron chi connectivity index (χ1n) is 6.87. The van der Waals surface area contributed by atoms with Crippen LogP contribution in [0.15, 0.2) is 48.5 Å². The maximum Gasteiger partial charge on any atom is 0.416 e. The molecule has 21 heavy (non-hydrogen) atoms. The minimum Gasteiger partial charge on any atom is -0.388 e. The molecule has 0 fully saturated rings. The molecule has 0 aliphatic heterocycles. The Morgan fingerprint density at radius 1 is 0.905 bits per heavy atom. The van der Waals surface area contributed by atoms with Crippen molar-refractivity contribution < 1.29 is 18.3 Å². The number of rotatable bonds is 4. The van der Waals surface area contributed by atoms with Crippen LogP contribution in [0, 0.1) is 0 Å². The van der Waals surface area contributed by atoms with Crippen molar-refractivity contribution >= 4 is 0 Å². The van der Waals surface area contributed by atoms with E-state index in [9.17, 15) is 18.3 Å². The second-order valence-electron chi connectivity index (χ2n) is 5.00. The van der Waals surface area contributed by atoms with Gasteiger partial charge in [0.1, 0.15) is 0 Å². The van der Waals surface area contributed by atoms with E-state index in [0.29, 0.717) is 6.42 Å². The van der Waals surface area contributed by atoms with Gasteiger partial charge in [-0.05, 0) is 35.2 Å². The molecule has 1 atom stereocenters. The lowest BCUT2D eigenvalue weighted by molar-refractivity contribution is -0.137. The van der Waals surface area contributed by atoms with Crippen LogP contribution in [0.1, 0.15) is 37.0 Å². The maximum atomic E-state index is 12.5. The van der Waals surface area contributed by atoms with E-state index in [1.807, 2.05) is 31.2 Å². The Labute approximate surface area is 122 Å². The van der Waals surface area contributed by atoms with E-state index in [2.05, 4.69) is 0 Å². The molecule has 1 nitrogen and oxygen atoms in total. The van der Waals surface area contributed by atoms with E-state index in [4.69, 9.17) is 0 Å². The summed E-state index contributed by atoms with van der Waals surface area (Å²) in [5.74, 6) is 0. The Balaban J connectivity index is 2.19. The van der Waals surface area contributed by atoms with Gasteiger partial charge in [-0.2, -0.15) is 13.2 Å². The van der Waals surface area contributed by atoms with Crippen molar-refractivity contribution in [3.8, 4) is 11.1 Å². The van der Waals surface area contributed by atoms with E-state index >= 15 is 0 Å². The minimum absolute atomic E-state index is 0.489. The van der Waals surface area contributed by atoms with E-state index in [1.165, 1.54) is 12.1 Å². The normalized spacial score (nSPS) is 13.2. The van der Waals surface area contributed by atoms with Gasteiger partial charge in [-0.15, -0.1) is 0 Å². The standard InChI is InChI=1S/C17H17F3O/c1-2-3-16(21)14-6-4-12(5-7-14)13-8-10-15(11-9-13)17(18,19)20/h4-11,16,21H,2-3H2,1H3. The summed E-state index contributed by atoms with van der Waals surface area (Å²) >= 11 is 0. The molecule has 0 spiro atoms. The molecule has 0 radical (unpaired) electrons. The van der Waals surface area contributed by atoms with Gasteiger partial charge in [0.15, 0.2) is 0 Å². The molecule has 0 saturated heterocycles. The minimum atomic E-state index is -4.31. The number of aliphatic hydroxyl groups is 1. The molecule has 1 unspecified atom stereocenters. The molecule has 2 rings (SSSR count). The highest BCUT2D eigenvalue weighted by Gasteiger charge is 2.29. The summed E-state index contributed by atoms with van der Waals surface area (Å²) in [5, 5.41) is 9.88. The number of aliphatic hydroxyl groups excluding tert-OH is 1. The third-order valence-corrected chi connectivity index (χ3v) is 3.40. The third kappa shape index (κ3) is 3.85. The fraction of sp³-hybridized carbons (Fsp3) is 0.294. The second kappa shape index (κ2) is 6.31. The summed E-state index contributed by atoms with van der Waals surface area (Å²) in [5.41, 5.74) is 1.73. The quantitative estimate of drug-likeness (QED) is 0.821. The highest BCUT2D eigenvalue weighted by molar-refractivity contribution is 5.64. The maximum absolute atomic E-state index is 12.5. The topological polar surface area (TPSA) is 20.2 Å². The summed E-state index contributed by atoms with van der Waals surface area (Å²) in [6.45, 7) is 2.00. The highest BCUT2D eigenvalue weighted by atomic mass is 19.4. The molecule has 0 aliphatic rings. The predicted molar refractivity (Wildman–Crippen MR) is 76.7 cm³/mol. The first kappa shape index (κ1) is 15.6. The van der Waals surface area contributed by atoms with E-state index in [1.54, 1.807) is 0 Å². The van der Waals surface area contributed by atoms with Crippen molar-refractivity contribution in [2.45, 2.75) is 32.0 Å². The van der Waals surface area contributed by atoms with Gasteiger partial charge in [0.25, 0.3) is 0 Å². The predicted octanol–water partition coefficient (Wildman–Crippen LogP) is 5.21. The Bertz CT molecular complexity index is 570. The largest absolute Gasteiger partial charge is 0.416 e. The number of benzene rings is 2. The van der Waals surface area contributed by atoms with Crippen molar-refractivity contribution in [2.75, 3.05) is 0 Å². The Hall–Kier alpha value is -1.81. The van der Waals surface area contributed by atoms with Crippen molar-refractivity contribution in [3.63, 3.8) is 0 Å². The summed E-state index contributed by atoms with van der Waals surface area (Å²) in [4.78, 5) is 0. The van der Waals surface area contributed by atoms with Crippen LogP contribution < -0.4 is 0 Å². The first-order chi connectivity index (χ1) is 9.91. The monoisotopic (exact) mass is 294 g/mol. The molecular weight excluding hydrogens is 277 g/mol. The van der Waals surface area contributed by atoms with Crippen molar-refractivity contribution in [1.29, 1.82) is 0 Å². The zero-order chi connectivity index (χ0) is 15.5. The molecule has 0 saturated carbocycles. The summed E-state index contributed by atoms with van der Waals surface area (Å²) < 4.78 is 37.5. The van der Waals surface area contributed by atoms with Gasteiger partial charge in [0, 0.05) is 0 Å². The van der Waals surface area contributed by atoms with Crippen molar-refractivity contribution in [2.24, 2.45) is 0 Å². The lowest BCUT2D eigenvalue weighted by atomic mass is 9.99. The summed E-state index contributed by atoms with van der Waals surface area (Å²) in [6.07, 6.45) is -3.22.